The fourth-order valence-corrected chi connectivity index (χ4v) is 2.08. The van der Waals surface area contributed by atoms with Crippen molar-refractivity contribution in [2.45, 2.75) is 6.18 Å². The number of hydrogen-bond donors (Lipinski definition) is 1. The standard InChI is InChI=1S/C12H14BrF3N2O/c1-18(2)7-6-17-11(19)8-4-3-5-9(10(8)13)12(14,15)16/h3-5H,6-7H2,1-2H3,(H,17,19). The van der Waals surface area contributed by atoms with E-state index in [4.69, 9.17) is 0 Å². The predicted octanol–water partition coefficient (Wildman–Crippen LogP) is 2.76. The molecule has 1 aromatic rings. The molecule has 0 fully saturated rings. The van der Waals surface area contributed by atoms with Crippen LogP contribution in [0.3, 0.4) is 0 Å². The molecule has 0 aromatic heterocycles. The van der Waals surface area contributed by atoms with Crippen LogP contribution in [0.4, 0.5) is 13.2 Å². The second-order valence-electron chi connectivity index (χ2n) is 4.22. The van der Waals surface area contributed by atoms with E-state index in [0.717, 1.165) is 6.07 Å². The van der Waals surface area contributed by atoms with Crippen LogP contribution in [0.25, 0.3) is 0 Å². The van der Waals surface area contributed by atoms with Crippen LogP contribution in [0, 0.1) is 0 Å². The Balaban J connectivity index is 2.87. The van der Waals surface area contributed by atoms with Gasteiger partial charge >= 0.3 is 6.18 Å². The SMILES string of the molecule is CN(C)CCNC(=O)c1cccc(C(F)(F)F)c1Br. The minimum atomic E-state index is -4.49. The Bertz CT molecular complexity index is 461. The molecule has 0 saturated heterocycles. The molecule has 0 unspecified atom stereocenters. The molecule has 0 radical (unpaired) electrons. The van der Waals surface area contributed by atoms with Crippen molar-refractivity contribution < 1.29 is 18.0 Å². The first kappa shape index (κ1) is 16.0. The molecule has 19 heavy (non-hydrogen) atoms. The number of halogens is 4. The molecule has 0 aliphatic carbocycles. The summed E-state index contributed by atoms with van der Waals surface area (Å²) in [5.41, 5.74) is -0.874. The van der Waals surface area contributed by atoms with E-state index in [0.29, 0.717) is 13.1 Å². The summed E-state index contributed by atoms with van der Waals surface area (Å²) >= 11 is 2.85. The molecule has 1 amide bonds. The summed E-state index contributed by atoms with van der Waals surface area (Å²) in [6.07, 6.45) is -4.49. The Morgan fingerprint density at radius 1 is 1.37 bits per heavy atom. The number of hydrogen-bond acceptors (Lipinski definition) is 2. The summed E-state index contributed by atoms with van der Waals surface area (Å²) in [5.74, 6) is -0.528. The number of alkyl halides is 3. The van der Waals surface area contributed by atoms with E-state index in [1.807, 2.05) is 19.0 Å². The van der Waals surface area contributed by atoms with Crippen molar-refractivity contribution in [1.29, 1.82) is 0 Å². The van der Waals surface area contributed by atoms with Gasteiger partial charge in [0.05, 0.1) is 11.1 Å². The largest absolute Gasteiger partial charge is 0.417 e. The Kier molecular flexibility index (Phi) is 5.37. The average molecular weight is 339 g/mol. The Labute approximate surface area is 117 Å². The highest BCUT2D eigenvalue weighted by atomic mass is 79.9. The van der Waals surface area contributed by atoms with Gasteiger partial charge in [-0.3, -0.25) is 4.79 Å². The molecular weight excluding hydrogens is 325 g/mol. The molecule has 1 aromatic carbocycles. The normalized spacial score (nSPS) is 11.7. The molecule has 1 N–H and O–H groups in total. The van der Waals surface area contributed by atoms with Gasteiger partial charge in [-0.25, -0.2) is 0 Å². The maximum absolute atomic E-state index is 12.7. The zero-order chi connectivity index (χ0) is 14.6. The number of benzene rings is 1. The first-order chi connectivity index (χ1) is 8.73. The van der Waals surface area contributed by atoms with Gasteiger partial charge in [0.25, 0.3) is 5.91 Å². The van der Waals surface area contributed by atoms with Gasteiger partial charge in [-0.05, 0) is 42.2 Å². The van der Waals surface area contributed by atoms with Gasteiger partial charge in [-0.2, -0.15) is 13.2 Å². The predicted molar refractivity (Wildman–Crippen MR) is 70.0 cm³/mol. The van der Waals surface area contributed by atoms with Crippen molar-refractivity contribution in [2.24, 2.45) is 0 Å². The minimum Gasteiger partial charge on any atom is -0.351 e. The molecule has 0 aliphatic heterocycles. The van der Waals surface area contributed by atoms with Gasteiger partial charge < -0.3 is 10.2 Å². The monoisotopic (exact) mass is 338 g/mol. The maximum Gasteiger partial charge on any atom is 0.417 e. The van der Waals surface area contributed by atoms with E-state index >= 15 is 0 Å². The highest BCUT2D eigenvalue weighted by Crippen LogP contribution is 2.36. The molecule has 1 rings (SSSR count). The van der Waals surface area contributed by atoms with Crippen LogP contribution in [0.15, 0.2) is 22.7 Å². The lowest BCUT2D eigenvalue weighted by atomic mass is 10.1. The van der Waals surface area contributed by atoms with E-state index in [-0.39, 0.29) is 10.0 Å². The molecule has 0 aliphatic rings. The number of amides is 1. The van der Waals surface area contributed by atoms with Gasteiger partial charge in [0.2, 0.25) is 0 Å². The first-order valence-electron chi connectivity index (χ1n) is 5.52. The maximum atomic E-state index is 12.7. The highest BCUT2D eigenvalue weighted by molar-refractivity contribution is 9.10. The zero-order valence-corrected chi connectivity index (χ0v) is 12.1. The van der Waals surface area contributed by atoms with Crippen LogP contribution < -0.4 is 5.32 Å². The van der Waals surface area contributed by atoms with E-state index in [2.05, 4.69) is 21.2 Å². The summed E-state index contributed by atoms with van der Waals surface area (Å²) in [7, 11) is 3.68. The van der Waals surface area contributed by atoms with Gasteiger partial charge in [-0.1, -0.05) is 6.07 Å². The van der Waals surface area contributed by atoms with Crippen LogP contribution in [-0.2, 0) is 6.18 Å². The van der Waals surface area contributed by atoms with Crippen LogP contribution in [0.2, 0.25) is 0 Å². The smallest absolute Gasteiger partial charge is 0.351 e. The second-order valence-corrected chi connectivity index (χ2v) is 5.02. The molecule has 0 spiro atoms. The number of rotatable bonds is 4. The van der Waals surface area contributed by atoms with Gasteiger partial charge in [-0.15, -0.1) is 0 Å². The number of nitrogens with one attached hydrogen (secondary N) is 1. The number of carbonyl (C=O) groups is 1. The summed E-state index contributed by atoms with van der Waals surface area (Å²) in [5, 5.41) is 2.57. The molecule has 0 heterocycles. The number of likely N-dealkylation sites (N-methyl/N-ethyl adjacent to an activating group) is 1. The summed E-state index contributed by atoms with van der Waals surface area (Å²) in [6, 6.07) is 3.50. The minimum absolute atomic E-state index is 0.0198. The van der Waals surface area contributed by atoms with Gasteiger partial charge in [0, 0.05) is 17.6 Å². The molecule has 7 heteroatoms. The van der Waals surface area contributed by atoms with Gasteiger partial charge in [0.1, 0.15) is 0 Å². The molecule has 0 atom stereocenters. The van der Waals surface area contributed by atoms with Crippen LogP contribution >= 0.6 is 15.9 Å². The third kappa shape index (κ3) is 4.50. The lowest BCUT2D eigenvalue weighted by Crippen LogP contribution is -2.31. The first-order valence-corrected chi connectivity index (χ1v) is 6.31. The molecule has 3 nitrogen and oxygen atoms in total. The average Bonchev–Trinajstić information content (AvgIpc) is 2.26. The van der Waals surface area contributed by atoms with Gasteiger partial charge in [0.15, 0.2) is 0 Å². The van der Waals surface area contributed by atoms with Crippen molar-refractivity contribution in [3.05, 3.63) is 33.8 Å². The lowest BCUT2D eigenvalue weighted by molar-refractivity contribution is -0.138. The topological polar surface area (TPSA) is 32.3 Å². The lowest BCUT2D eigenvalue weighted by Gasteiger charge is -2.14. The third-order valence-corrected chi connectivity index (χ3v) is 3.25. The van der Waals surface area contributed by atoms with Crippen LogP contribution in [0.1, 0.15) is 15.9 Å². The van der Waals surface area contributed by atoms with Crippen molar-refractivity contribution >= 4 is 21.8 Å². The Morgan fingerprint density at radius 3 is 2.53 bits per heavy atom. The van der Waals surface area contributed by atoms with Crippen molar-refractivity contribution in [1.82, 2.24) is 10.2 Å². The zero-order valence-electron chi connectivity index (χ0n) is 10.5. The fourth-order valence-electron chi connectivity index (χ4n) is 1.41. The van der Waals surface area contributed by atoms with Crippen molar-refractivity contribution in [3.63, 3.8) is 0 Å². The summed E-state index contributed by atoms with van der Waals surface area (Å²) in [6.45, 7) is 0.983. The third-order valence-electron chi connectivity index (χ3n) is 2.39. The summed E-state index contributed by atoms with van der Waals surface area (Å²) < 4.78 is 37.8. The second kappa shape index (κ2) is 6.38. The van der Waals surface area contributed by atoms with E-state index in [1.165, 1.54) is 12.1 Å². The summed E-state index contributed by atoms with van der Waals surface area (Å²) in [4.78, 5) is 13.7. The van der Waals surface area contributed by atoms with E-state index < -0.39 is 17.6 Å². The number of nitrogens with zero attached hydrogens (tertiary/aromatic N) is 1. The fraction of sp³-hybridized carbons (Fsp3) is 0.417. The molecular formula is C12H14BrF3N2O. The van der Waals surface area contributed by atoms with Crippen LogP contribution in [-0.4, -0.2) is 38.0 Å². The number of carbonyl (C=O) groups excluding carboxylic acids is 1. The van der Waals surface area contributed by atoms with Crippen molar-refractivity contribution in [3.8, 4) is 0 Å². The molecule has 106 valence electrons. The Morgan fingerprint density at radius 2 is 2.00 bits per heavy atom. The van der Waals surface area contributed by atoms with Crippen LogP contribution in [0.5, 0.6) is 0 Å². The molecule has 0 saturated carbocycles. The van der Waals surface area contributed by atoms with E-state index in [9.17, 15) is 18.0 Å². The Hall–Kier alpha value is -1.08. The quantitative estimate of drug-likeness (QED) is 0.915. The van der Waals surface area contributed by atoms with E-state index in [1.54, 1.807) is 0 Å². The van der Waals surface area contributed by atoms with Crippen molar-refractivity contribution in [2.75, 3.05) is 27.2 Å². The highest BCUT2D eigenvalue weighted by Gasteiger charge is 2.34. The molecule has 0 bridgehead atoms.